The second-order valence-electron chi connectivity index (χ2n) is 3.28. The summed E-state index contributed by atoms with van der Waals surface area (Å²) >= 11 is 0. The topological polar surface area (TPSA) is 163 Å². The summed E-state index contributed by atoms with van der Waals surface area (Å²) in [5.74, 6) is -4.87. The number of carbonyl (C=O) groups is 6. The van der Waals surface area contributed by atoms with Gasteiger partial charge in [0.15, 0.2) is 17.9 Å². The van der Waals surface area contributed by atoms with Crippen LogP contribution in [0.1, 0.15) is 20.8 Å². The van der Waals surface area contributed by atoms with Gasteiger partial charge in [-0.05, 0) is 20.8 Å². The van der Waals surface area contributed by atoms with Crippen LogP contribution in [-0.4, -0.2) is 50.6 Å². The Morgan fingerprint density at radius 2 is 0.682 bits per heavy atom. The minimum atomic E-state index is -1.19. The van der Waals surface area contributed by atoms with Gasteiger partial charge in [-0.15, -0.1) is 0 Å². The van der Waals surface area contributed by atoms with Crippen LogP contribution in [0.15, 0.2) is 0 Å². The maximum Gasteiger partial charge on any atom is 3.00 e. The number of carboxylic acids is 3. The molecular weight excluding hydrogens is 340 g/mol. The predicted molar refractivity (Wildman–Crippen MR) is 67.9 cm³/mol. The van der Waals surface area contributed by atoms with Gasteiger partial charge in [0.2, 0.25) is 0 Å². The van der Waals surface area contributed by atoms with Crippen molar-refractivity contribution in [1.29, 1.82) is 0 Å². The smallest absolute Gasteiger partial charge is 0.503 e. The Morgan fingerprint density at radius 3 is 0.682 bits per heavy atom. The molecule has 0 amide bonds. The number of hydrogen-bond donors (Lipinski definition) is 3. The van der Waals surface area contributed by atoms with Crippen LogP contribution < -0.4 is 0 Å². The molecule has 0 fully saturated rings. The van der Waals surface area contributed by atoms with Gasteiger partial charge in [-0.2, -0.15) is 0 Å². The van der Waals surface area contributed by atoms with E-state index in [1.54, 1.807) is 0 Å². The van der Waals surface area contributed by atoms with Crippen LogP contribution in [-0.2, 0) is 46.1 Å². The van der Waals surface area contributed by atoms with Crippen molar-refractivity contribution in [1.82, 2.24) is 0 Å². The number of rotatable bonds is 6. The van der Waals surface area contributed by atoms with Crippen LogP contribution in [0, 0.1) is 19.3 Å². The summed E-state index contributed by atoms with van der Waals surface area (Å²) < 4.78 is 0. The van der Waals surface area contributed by atoms with Gasteiger partial charge in [0.25, 0.3) is 0 Å². The van der Waals surface area contributed by atoms with E-state index in [2.05, 4.69) is 0 Å². The van der Waals surface area contributed by atoms with E-state index in [0.29, 0.717) is 19.3 Å². The fourth-order valence-electron chi connectivity index (χ4n) is 0.522. The second kappa shape index (κ2) is 16.6. The van der Waals surface area contributed by atoms with Gasteiger partial charge in [0.1, 0.15) is 0 Å². The average molecular weight is 355 g/mol. The fraction of sp³-hybridized carbons (Fsp3) is 0.250. The van der Waals surface area contributed by atoms with Gasteiger partial charge in [-0.25, -0.2) is 19.3 Å². The molecule has 0 atom stereocenters. The molecule has 0 unspecified atom stereocenters. The Labute approximate surface area is 137 Å². The van der Waals surface area contributed by atoms with E-state index < -0.39 is 35.3 Å². The molecule has 0 bridgehead atoms. The molecule has 0 heterocycles. The molecular formula is C12H15CrO9. The van der Waals surface area contributed by atoms with E-state index in [1.165, 1.54) is 20.8 Å². The van der Waals surface area contributed by atoms with Crippen molar-refractivity contribution >= 4 is 35.3 Å². The molecule has 0 aromatic heterocycles. The van der Waals surface area contributed by atoms with Crippen molar-refractivity contribution in [2.75, 3.05) is 0 Å². The molecule has 10 heteroatoms. The molecule has 0 aliphatic heterocycles. The summed E-state index contributed by atoms with van der Waals surface area (Å²) in [6.45, 7) is 3.57. The number of carbonyl (C=O) groups excluding carboxylic acids is 3. The summed E-state index contributed by atoms with van der Waals surface area (Å²) in [6, 6.07) is 0. The third kappa shape index (κ3) is 52.7. The number of ketones is 3. The van der Waals surface area contributed by atoms with E-state index in [-0.39, 0.29) is 17.4 Å². The normalized spacial score (nSPS) is 7.23. The Balaban J connectivity index is -0.000000108. The Hall–Kier alpha value is -2.44. The zero-order valence-corrected chi connectivity index (χ0v) is 13.2. The standard InChI is InChI=1S/3C4H5O3.Cr/c3*1-3(5)2-4(6)7;/h3*2H,1H3,(H,6,7);/q3*-1;+3. The Kier molecular flexibility index (Phi) is 21.0. The van der Waals surface area contributed by atoms with E-state index in [0.717, 1.165) is 0 Å². The van der Waals surface area contributed by atoms with Gasteiger partial charge in [0.05, 0.1) is 0 Å². The molecule has 22 heavy (non-hydrogen) atoms. The molecule has 0 aromatic rings. The first-order valence-corrected chi connectivity index (χ1v) is 5.13. The molecule has 0 aliphatic carbocycles. The predicted octanol–water partition coefficient (Wildman–Crippen LogP) is -0.410. The molecule has 0 aromatic carbocycles. The quantitative estimate of drug-likeness (QED) is 0.424. The molecule has 3 N–H and O–H groups in total. The molecule has 0 aliphatic rings. The van der Waals surface area contributed by atoms with E-state index in [1.807, 2.05) is 0 Å². The molecule has 9 nitrogen and oxygen atoms in total. The number of carboxylic acid groups (broad SMARTS) is 3. The number of Topliss-reactive ketones (excluding diaryl/α,β-unsaturated/α-hetero) is 3. The summed E-state index contributed by atoms with van der Waals surface area (Å²) in [5.41, 5.74) is 0. The van der Waals surface area contributed by atoms with Crippen molar-refractivity contribution < 1.29 is 61.4 Å². The zero-order valence-electron chi connectivity index (χ0n) is 11.9. The molecule has 1 radical (unpaired) electrons. The maximum atomic E-state index is 9.82. The van der Waals surface area contributed by atoms with Crippen LogP contribution >= 0.6 is 0 Å². The molecule has 0 spiro atoms. The zero-order chi connectivity index (χ0) is 17.6. The largest absolute Gasteiger partial charge is 3.00 e. The fourth-order valence-corrected chi connectivity index (χ4v) is 0.522. The van der Waals surface area contributed by atoms with Crippen molar-refractivity contribution in [2.45, 2.75) is 20.8 Å². The van der Waals surface area contributed by atoms with Gasteiger partial charge < -0.3 is 29.7 Å². The van der Waals surface area contributed by atoms with Crippen molar-refractivity contribution in [3.63, 3.8) is 0 Å². The first-order chi connectivity index (χ1) is 9.38. The molecule has 0 saturated carbocycles. The first kappa shape index (κ1) is 27.8. The minimum Gasteiger partial charge on any atom is -0.503 e. The van der Waals surface area contributed by atoms with Crippen LogP contribution in [0.5, 0.6) is 0 Å². The van der Waals surface area contributed by atoms with Crippen molar-refractivity contribution in [3.05, 3.63) is 19.3 Å². The van der Waals surface area contributed by atoms with Crippen molar-refractivity contribution in [2.24, 2.45) is 0 Å². The SMILES string of the molecule is CC(=O)[CH-]C(=O)O.CC(=O)[CH-]C(=O)O.CC(=O)[CH-]C(=O)O.[Cr+3]. The Morgan fingerprint density at radius 1 is 0.545 bits per heavy atom. The van der Waals surface area contributed by atoms with E-state index >= 15 is 0 Å². The van der Waals surface area contributed by atoms with Gasteiger partial charge >= 0.3 is 17.4 Å². The van der Waals surface area contributed by atoms with E-state index in [9.17, 15) is 28.8 Å². The third-order valence-electron chi connectivity index (χ3n) is 0.980. The maximum absolute atomic E-state index is 9.82. The summed E-state index contributed by atoms with van der Waals surface area (Å²) in [6.07, 6.45) is 1.83. The number of aliphatic carboxylic acids is 3. The monoisotopic (exact) mass is 355 g/mol. The average Bonchev–Trinajstić information content (AvgIpc) is 2.10. The minimum absolute atomic E-state index is 0. The van der Waals surface area contributed by atoms with Gasteiger partial charge in [-0.3, -0.25) is 14.4 Å². The first-order valence-electron chi connectivity index (χ1n) is 5.13. The van der Waals surface area contributed by atoms with Crippen molar-refractivity contribution in [3.8, 4) is 0 Å². The molecule has 123 valence electrons. The van der Waals surface area contributed by atoms with Crippen LogP contribution in [0.3, 0.4) is 0 Å². The van der Waals surface area contributed by atoms with Crippen LogP contribution in [0.2, 0.25) is 0 Å². The van der Waals surface area contributed by atoms with Crippen LogP contribution in [0.4, 0.5) is 0 Å². The number of hydrogen-bond acceptors (Lipinski definition) is 6. The summed E-state index contributed by atoms with van der Waals surface area (Å²) in [7, 11) is 0. The second-order valence-corrected chi connectivity index (χ2v) is 3.28. The Bertz CT molecular complexity index is 317. The molecule has 0 saturated heterocycles. The van der Waals surface area contributed by atoms with Gasteiger partial charge in [-0.1, -0.05) is 0 Å². The third-order valence-corrected chi connectivity index (χ3v) is 0.980. The molecule has 0 rings (SSSR count). The van der Waals surface area contributed by atoms with E-state index in [4.69, 9.17) is 15.3 Å². The van der Waals surface area contributed by atoms with Gasteiger partial charge in [0, 0.05) is 17.3 Å². The summed E-state index contributed by atoms with van der Waals surface area (Å²) in [4.78, 5) is 58.1. The summed E-state index contributed by atoms with van der Waals surface area (Å²) in [5, 5.41) is 23.4. The van der Waals surface area contributed by atoms with Crippen LogP contribution in [0.25, 0.3) is 0 Å².